The second-order valence-corrected chi connectivity index (χ2v) is 4.97. The fourth-order valence-corrected chi connectivity index (χ4v) is 1.82. The van der Waals surface area contributed by atoms with Crippen molar-refractivity contribution in [2.75, 3.05) is 11.9 Å². The molecule has 5 nitrogen and oxygen atoms in total. The molecule has 2 aromatic rings. The van der Waals surface area contributed by atoms with Gasteiger partial charge in [0, 0.05) is 6.20 Å². The second-order valence-electron chi connectivity index (χ2n) is 4.97. The first-order valence-corrected chi connectivity index (χ1v) is 6.89. The van der Waals surface area contributed by atoms with Crippen molar-refractivity contribution >= 4 is 11.6 Å². The largest absolute Gasteiger partial charge is 0.411 e. The number of alkyl halides is 3. The summed E-state index contributed by atoms with van der Waals surface area (Å²) in [4.78, 5) is 11.8. The SMILES string of the molecule is CC(OCC(F)(F)F)C(=O)Nc1cnn(Cc2ccccc2)c1. The van der Waals surface area contributed by atoms with Crippen LogP contribution in [0.3, 0.4) is 0 Å². The van der Waals surface area contributed by atoms with E-state index in [0.717, 1.165) is 5.56 Å². The Labute approximate surface area is 131 Å². The Balaban J connectivity index is 1.87. The number of carbonyl (C=O) groups excluding carboxylic acids is 1. The zero-order valence-corrected chi connectivity index (χ0v) is 12.4. The molecule has 1 heterocycles. The summed E-state index contributed by atoms with van der Waals surface area (Å²) in [6.07, 6.45) is -2.65. The minimum Gasteiger partial charge on any atom is -0.359 e. The minimum atomic E-state index is -4.46. The number of halogens is 3. The van der Waals surface area contributed by atoms with Gasteiger partial charge in [0.1, 0.15) is 12.7 Å². The summed E-state index contributed by atoms with van der Waals surface area (Å²) in [6, 6.07) is 9.59. The van der Waals surface area contributed by atoms with Gasteiger partial charge < -0.3 is 10.1 Å². The van der Waals surface area contributed by atoms with Gasteiger partial charge in [-0.3, -0.25) is 9.48 Å². The van der Waals surface area contributed by atoms with Gasteiger partial charge in [0.05, 0.1) is 18.4 Å². The smallest absolute Gasteiger partial charge is 0.359 e. The van der Waals surface area contributed by atoms with E-state index in [1.54, 1.807) is 10.9 Å². The summed E-state index contributed by atoms with van der Waals surface area (Å²) >= 11 is 0. The van der Waals surface area contributed by atoms with Gasteiger partial charge in [-0.15, -0.1) is 0 Å². The molecule has 0 fully saturated rings. The lowest BCUT2D eigenvalue weighted by molar-refractivity contribution is -0.184. The summed E-state index contributed by atoms with van der Waals surface area (Å²) in [5, 5.41) is 6.56. The molecule has 0 saturated carbocycles. The van der Waals surface area contributed by atoms with Gasteiger partial charge in [-0.05, 0) is 12.5 Å². The third kappa shape index (κ3) is 5.74. The van der Waals surface area contributed by atoms with Crippen LogP contribution in [0.4, 0.5) is 18.9 Å². The number of benzene rings is 1. The first-order chi connectivity index (χ1) is 10.8. The summed E-state index contributed by atoms with van der Waals surface area (Å²) in [5.74, 6) is -0.659. The highest BCUT2D eigenvalue weighted by atomic mass is 19.4. The average Bonchev–Trinajstić information content (AvgIpc) is 2.92. The van der Waals surface area contributed by atoms with Crippen LogP contribution >= 0.6 is 0 Å². The van der Waals surface area contributed by atoms with Crippen LogP contribution in [0.1, 0.15) is 12.5 Å². The van der Waals surface area contributed by atoms with Crippen LogP contribution in [-0.4, -0.2) is 34.6 Å². The number of hydrogen-bond donors (Lipinski definition) is 1. The van der Waals surface area contributed by atoms with E-state index in [9.17, 15) is 18.0 Å². The number of amides is 1. The molecular formula is C15H16F3N3O2. The Morgan fingerprint density at radius 2 is 2.04 bits per heavy atom. The molecule has 0 saturated heterocycles. The van der Waals surface area contributed by atoms with Gasteiger partial charge in [0.15, 0.2) is 0 Å². The molecule has 0 aliphatic heterocycles. The Kier molecular flexibility index (Phi) is 5.38. The van der Waals surface area contributed by atoms with E-state index in [1.807, 2.05) is 30.3 Å². The number of ether oxygens (including phenoxy) is 1. The van der Waals surface area contributed by atoms with E-state index < -0.39 is 24.8 Å². The fourth-order valence-electron chi connectivity index (χ4n) is 1.82. The van der Waals surface area contributed by atoms with Crippen molar-refractivity contribution in [1.82, 2.24) is 9.78 Å². The van der Waals surface area contributed by atoms with Crippen molar-refractivity contribution in [3.05, 3.63) is 48.3 Å². The first kappa shape index (κ1) is 17.0. The zero-order valence-electron chi connectivity index (χ0n) is 12.4. The van der Waals surface area contributed by atoms with Crippen LogP contribution in [0.15, 0.2) is 42.7 Å². The molecule has 0 aliphatic carbocycles. The van der Waals surface area contributed by atoms with Crippen molar-refractivity contribution in [3.63, 3.8) is 0 Å². The van der Waals surface area contributed by atoms with Gasteiger partial charge in [0.25, 0.3) is 5.91 Å². The molecule has 0 bridgehead atoms. The first-order valence-electron chi connectivity index (χ1n) is 6.89. The maximum atomic E-state index is 12.0. The number of hydrogen-bond acceptors (Lipinski definition) is 3. The van der Waals surface area contributed by atoms with E-state index in [0.29, 0.717) is 12.2 Å². The van der Waals surface area contributed by atoms with Gasteiger partial charge in [0.2, 0.25) is 0 Å². The molecule has 0 spiro atoms. The van der Waals surface area contributed by atoms with E-state index in [-0.39, 0.29) is 0 Å². The van der Waals surface area contributed by atoms with E-state index >= 15 is 0 Å². The standard InChI is InChI=1S/C15H16F3N3O2/c1-11(23-10-15(16,17)18)14(22)20-13-7-19-21(9-13)8-12-5-3-2-4-6-12/h2-7,9,11H,8,10H2,1H3,(H,20,22). The Bertz CT molecular complexity index is 641. The molecule has 0 aliphatic rings. The summed E-state index contributed by atoms with van der Waals surface area (Å²) in [5.41, 5.74) is 1.43. The Hall–Kier alpha value is -2.35. The lowest BCUT2D eigenvalue weighted by atomic mass is 10.2. The quantitative estimate of drug-likeness (QED) is 0.888. The molecule has 8 heteroatoms. The van der Waals surface area contributed by atoms with Crippen molar-refractivity contribution in [1.29, 1.82) is 0 Å². The van der Waals surface area contributed by atoms with Crippen LogP contribution < -0.4 is 5.32 Å². The minimum absolute atomic E-state index is 0.397. The van der Waals surface area contributed by atoms with Crippen molar-refractivity contribution in [2.24, 2.45) is 0 Å². The maximum Gasteiger partial charge on any atom is 0.411 e. The van der Waals surface area contributed by atoms with Gasteiger partial charge in [-0.25, -0.2) is 0 Å². The monoisotopic (exact) mass is 327 g/mol. The highest BCUT2D eigenvalue weighted by Gasteiger charge is 2.30. The van der Waals surface area contributed by atoms with Crippen molar-refractivity contribution in [3.8, 4) is 0 Å². The third-order valence-electron chi connectivity index (χ3n) is 2.95. The molecule has 1 atom stereocenters. The molecular weight excluding hydrogens is 311 g/mol. The van der Waals surface area contributed by atoms with Crippen LogP contribution in [0.5, 0.6) is 0 Å². The highest BCUT2D eigenvalue weighted by molar-refractivity contribution is 5.93. The average molecular weight is 327 g/mol. The number of anilines is 1. The molecule has 0 radical (unpaired) electrons. The molecule has 1 aromatic heterocycles. The van der Waals surface area contributed by atoms with E-state index in [4.69, 9.17) is 0 Å². The molecule has 1 unspecified atom stereocenters. The normalized spacial score (nSPS) is 12.9. The molecule has 2 rings (SSSR count). The molecule has 124 valence electrons. The summed E-state index contributed by atoms with van der Waals surface area (Å²) < 4.78 is 42.2. The summed E-state index contributed by atoms with van der Waals surface area (Å²) in [7, 11) is 0. The predicted octanol–water partition coefficient (Wildman–Crippen LogP) is 2.84. The van der Waals surface area contributed by atoms with Crippen molar-refractivity contribution < 1.29 is 22.7 Å². The van der Waals surface area contributed by atoms with Gasteiger partial charge in [-0.2, -0.15) is 18.3 Å². The van der Waals surface area contributed by atoms with Crippen LogP contribution in [0.25, 0.3) is 0 Å². The highest BCUT2D eigenvalue weighted by Crippen LogP contribution is 2.16. The molecule has 1 aromatic carbocycles. The number of rotatable bonds is 6. The van der Waals surface area contributed by atoms with Crippen LogP contribution in [0.2, 0.25) is 0 Å². The fraction of sp³-hybridized carbons (Fsp3) is 0.333. The molecule has 1 amide bonds. The third-order valence-corrected chi connectivity index (χ3v) is 2.95. The number of aromatic nitrogens is 2. The zero-order chi connectivity index (χ0) is 16.9. The van der Waals surface area contributed by atoms with Gasteiger partial charge >= 0.3 is 6.18 Å². The second kappa shape index (κ2) is 7.28. The number of nitrogens with zero attached hydrogens (tertiary/aromatic N) is 2. The number of carbonyl (C=O) groups is 1. The maximum absolute atomic E-state index is 12.0. The Morgan fingerprint density at radius 3 is 2.70 bits per heavy atom. The van der Waals surface area contributed by atoms with Crippen LogP contribution in [-0.2, 0) is 16.1 Å². The van der Waals surface area contributed by atoms with E-state index in [2.05, 4.69) is 15.2 Å². The molecule has 23 heavy (non-hydrogen) atoms. The van der Waals surface area contributed by atoms with Gasteiger partial charge in [-0.1, -0.05) is 30.3 Å². The predicted molar refractivity (Wildman–Crippen MR) is 77.9 cm³/mol. The van der Waals surface area contributed by atoms with Crippen molar-refractivity contribution in [2.45, 2.75) is 25.7 Å². The Morgan fingerprint density at radius 1 is 1.35 bits per heavy atom. The molecule has 1 N–H and O–H groups in total. The topological polar surface area (TPSA) is 56.1 Å². The lowest BCUT2D eigenvalue weighted by Crippen LogP contribution is -2.31. The van der Waals surface area contributed by atoms with E-state index in [1.165, 1.54) is 13.1 Å². The lowest BCUT2D eigenvalue weighted by Gasteiger charge is -2.13. The number of nitrogens with one attached hydrogen (secondary N) is 1. The summed E-state index contributed by atoms with van der Waals surface area (Å²) in [6.45, 7) is 0.321. The van der Waals surface area contributed by atoms with Crippen LogP contribution in [0, 0.1) is 0 Å².